The van der Waals surface area contributed by atoms with Gasteiger partial charge in [0, 0.05) is 30.2 Å². The van der Waals surface area contributed by atoms with Gasteiger partial charge in [0.1, 0.15) is 18.1 Å². The van der Waals surface area contributed by atoms with Gasteiger partial charge in [0.15, 0.2) is 0 Å². The van der Waals surface area contributed by atoms with E-state index in [4.69, 9.17) is 16.0 Å². The van der Waals surface area contributed by atoms with Crippen LogP contribution in [0.4, 0.5) is 4.79 Å². The Morgan fingerprint density at radius 2 is 1.79 bits per heavy atom. The van der Waals surface area contributed by atoms with Gasteiger partial charge in [-0.1, -0.05) is 11.6 Å². The highest BCUT2D eigenvalue weighted by Gasteiger charge is 2.35. The number of halogens is 1. The van der Waals surface area contributed by atoms with Gasteiger partial charge in [0.25, 0.3) is 5.91 Å². The zero-order valence-corrected chi connectivity index (χ0v) is 19.4. The summed E-state index contributed by atoms with van der Waals surface area (Å²) in [4.78, 5) is 28.4. The fraction of sp³-hybridized carbons (Fsp3) is 0.435. The van der Waals surface area contributed by atoms with E-state index in [2.05, 4.69) is 10.0 Å². The molecule has 9 nitrogen and oxygen atoms in total. The van der Waals surface area contributed by atoms with Crippen LogP contribution >= 0.6 is 11.6 Å². The summed E-state index contributed by atoms with van der Waals surface area (Å²) in [6.45, 7) is 3.94. The molecule has 33 heavy (non-hydrogen) atoms. The van der Waals surface area contributed by atoms with Crippen LogP contribution in [0.1, 0.15) is 18.6 Å². The van der Waals surface area contributed by atoms with E-state index >= 15 is 0 Å². The molecule has 0 saturated carbocycles. The number of likely N-dealkylation sites (N-methyl/N-ethyl adjacent to an activating group) is 1. The van der Waals surface area contributed by atoms with E-state index in [0.717, 1.165) is 43.0 Å². The third-order valence-corrected chi connectivity index (χ3v) is 6.25. The Kier molecular flexibility index (Phi) is 7.14. The molecule has 0 N–H and O–H groups in total. The second-order valence-corrected chi connectivity index (χ2v) is 9.07. The van der Waals surface area contributed by atoms with E-state index in [1.165, 1.54) is 11.1 Å². The van der Waals surface area contributed by atoms with Crippen LogP contribution in [0.2, 0.25) is 5.02 Å². The Bertz CT molecular complexity index is 1010. The van der Waals surface area contributed by atoms with Crippen LogP contribution in [0.3, 0.4) is 0 Å². The SMILES string of the molecule is C[N+]1([O-])CCN(CCCCN2C(=O)CN(/N=C/c3ccc(-c4ccc(Cl)cc4)o3)C2=O)CC1. The first-order valence-corrected chi connectivity index (χ1v) is 11.5. The Morgan fingerprint density at radius 1 is 1.09 bits per heavy atom. The third kappa shape index (κ3) is 6.00. The first-order valence-electron chi connectivity index (χ1n) is 11.1. The van der Waals surface area contributed by atoms with E-state index in [9.17, 15) is 14.8 Å². The highest BCUT2D eigenvalue weighted by atomic mass is 35.5. The van der Waals surface area contributed by atoms with Crippen molar-refractivity contribution in [2.45, 2.75) is 12.8 Å². The number of hydrazone groups is 1. The largest absolute Gasteiger partial charge is 0.633 e. The first-order chi connectivity index (χ1) is 15.8. The van der Waals surface area contributed by atoms with E-state index in [0.29, 0.717) is 36.2 Å². The number of benzene rings is 1. The van der Waals surface area contributed by atoms with Gasteiger partial charge in [0.05, 0.1) is 26.4 Å². The van der Waals surface area contributed by atoms with Crippen molar-refractivity contribution in [1.82, 2.24) is 14.8 Å². The number of hydrogen-bond acceptors (Lipinski definition) is 6. The summed E-state index contributed by atoms with van der Waals surface area (Å²) in [5, 5.41) is 17.9. The van der Waals surface area contributed by atoms with Gasteiger partial charge in [-0.15, -0.1) is 0 Å². The van der Waals surface area contributed by atoms with Crippen LogP contribution in [0.5, 0.6) is 0 Å². The summed E-state index contributed by atoms with van der Waals surface area (Å²) >= 11 is 5.92. The Balaban J connectivity index is 1.24. The Hall–Kier alpha value is -2.72. The summed E-state index contributed by atoms with van der Waals surface area (Å²) < 4.78 is 5.58. The highest BCUT2D eigenvalue weighted by Crippen LogP contribution is 2.23. The molecule has 0 spiro atoms. The van der Waals surface area contributed by atoms with Crippen LogP contribution in [-0.2, 0) is 4.79 Å². The quantitative estimate of drug-likeness (QED) is 0.193. The molecule has 0 atom stereocenters. The zero-order valence-electron chi connectivity index (χ0n) is 18.7. The minimum absolute atomic E-state index is 0.0772. The molecule has 0 bridgehead atoms. The summed E-state index contributed by atoms with van der Waals surface area (Å²) in [6.07, 6.45) is 3.02. The van der Waals surface area contributed by atoms with Crippen LogP contribution in [-0.4, -0.2) is 90.5 Å². The highest BCUT2D eigenvalue weighted by molar-refractivity contribution is 6.30. The number of rotatable bonds is 8. The van der Waals surface area contributed by atoms with Crippen molar-refractivity contribution in [3.05, 3.63) is 52.4 Å². The summed E-state index contributed by atoms with van der Waals surface area (Å²) in [5.74, 6) is 0.884. The average molecular weight is 474 g/mol. The molecule has 0 radical (unpaired) electrons. The minimum atomic E-state index is -0.418. The maximum absolute atomic E-state index is 12.6. The van der Waals surface area contributed by atoms with Crippen molar-refractivity contribution in [2.75, 3.05) is 52.9 Å². The lowest BCUT2D eigenvalue weighted by Crippen LogP contribution is -2.53. The fourth-order valence-corrected chi connectivity index (χ4v) is 4.04. The topological polar surface area (TPSA) is 92.4 Å². The standard InChI is InChI=1S/C23H28ClN5O4/c1-29(32)14-12-26(13-15-29)10-2-3-11-27-22(30)17-28(23(27)31)25-16-20-8-9-21(33-20)18-4-6-19(24)7-5-18/h4-9,16H,2-3,10-15,17H2,1H3/b25-16+. The van der Waals surface area contributed by atoms with Gasteiger partial charge in [-0.3, -0.25) is 14.6 Å². The molecule has 0 aliphatic carbocycles. The smallest absolute Gasteiger partial charge is 0.347 e. The van der Waals surface area contributed by atoms with Crippen LogP contribution in [0.15, 0.2) is 45.9 Å². The number of furan rings is 1. The average Bonchev–Trinajstić information content (AvgIpc) is 3.36. The molecule has 2 saturated heterocycles. The molecule has 2 aliphatic rings. The van der Waals surface area contributed by atoms with E-state index in [-0.39, 0.29) is 17.1 Å². The predicted molar refractivity (Wildman–Crippen MR) is 126 cm³/mol. The Labute approximate surface area is 198 Å². The molecular weight excluding hydrogens is 446 g/mol. The number of imide groups is 1. The molecule has 176 valence electrons. The fourth-order valence-electron chi connectivity index (χ4n) is 3.91. The number of unbranched alkanes of at least 4 members (excludes halogenated alkanes) is 1. The zero-order chi connectivity index (χ0) is 23.4. The summed E-state index contributed by atoms with van der Waals surface area (Å²) in [5.41, 5.74) is 0.878. The first kappa shape index (κ1) is 23.4. The van der Waals surface area contributed by atoms with Crippen LogP contribution in [0.25, 0.3) is 11.3 Å². The van der Waals surface area contributed by atoms with E-state index < -0.39 is 6.03 Å². The Morgan fingerprint density at radius 3 is 2.52 bits per heavy atom. The monoisotopic (exact) mass is 473 g/mol. The predicted octanol–water partition coefficient (Wildman–Crippen LogP) is 3.24. The number of carbonyl (C=O) groups excluding carboxylic acids is 2. The number of urea groups is 1. The maximum Gasteiger partial charge on any atom is 0.347 e. The summed E-state index contributed by atoms with van der Waals surface area (Å²) in [6, 6.07) is 10.4. The molecule has 2 fully saturated rings. The molecule has 3 amide bonds. The lowest BCUT2D eigenvalue weighted by Gasteiger charge is -2.45. The number of amides is 3. The van der Waals surface area contributed by atoms with Gasteiger partial charge in [0.2, 0.25) is 0 Å². The maximum atomic E-state index is 12.6. The molecule has 0 unspecified atom stereocenters. The number of carbonyl (C=O) groups is 2. The van der Waals surface area contributed by atoms with Gasteiger partial charge >= 0.3 is 6.03 Å². The number of hydrogen-bond donors (Lipinski definition) is 0. The van der Waals surface area contributed by atoms with Crippen molar-refractivity contribution in [2.24, 2.45) is 5.10 Å². The lowest BCUT2D eigenvalue weighted by atomic mass is 10.2. The van der Waals surface area contributed by atoms with E-state index in [1.807, 2.05) is 18.2 Å². The third-order valence-electron chi connectivity index (χ3n) is 6.00. The number of hydroxylamine groups is 3. The van der Waals surface area contributed by atoms with Crippen molar-refractivity contribution in [1.29, 1.82) is 0 Å². The van der Waals surface area contributed by atoms with Crippen molar-refractivity contribution in [3.8, 4) is 11.3 Å². The van der Waals surface area contributed by atoms with Crippen LogP contribution < -0.4 is 0 Å². The molecule has 2 aromatic rings. The second kappa shape index (κ2) is 10.0. The molecule has 10 heteroatoms. The minimum Gasteiger partial charge on any atom is -0.633 e. The molecule has 2 aliphatic heterocycles. The molecule has 4 rings (SSSR count). The number of quaternary nitrogens is 1. The van der Waals surface area contributed by atoms with Gasteiger partial charge < -0.3 is 14.3 Å². The van der Waals surface area contributed by atoms with Gasteiger partial charge in [-0.05, 0) is 55.8 Å². The molecule has 3 heterocycles. The van der Waals surface area contributed by atoms with Crippen molar-refractivity contribution >= 4 is 29.8 Å². The number of piperazine rings is 1. The molecular formula is C23H28ClN5O4. The second-order valence-electron chi connectivity index (χ2n) is 8.63. The van der Waals surface area contributed by atoms with Gasteiger partial charge in [-0.2, -0.15) is 5.10 Å². The summed E-state index contributed by atoms with van der Waals surface area (Å²) in [7, 11) is 1.71. The van der Waals surface area contributed by atoms with Crippen LogP contribution in [0, 0.1) is 5.21 Å². The van der Waals surface area contributed by atoms with Crippen molar-refractivity contribution < 1.29 is 18.7 Å². The van der Waals surface area contributed by atoms with Gasteiger partial charge in [-0.25, -0.2) is 9.80 Å². The van der Waals surface area contributed by atoms with E-state index in [1.54, 1.807) is 25.2 Å². The lowest BCUT2D eigenvalue weighted by molar-refractivity contribution is -0.865. The molecule has 1 aromatic heterocycles. The normalized spacial score (nSPS) is 19.2. The molecule has 1 aromatic carbocycles. The number of nitrogens with zero attached hydrogens (tertiary/aromatic N) is 5. The van der Waals surface area contributed by atoms with Crippen molar-refractivity contribution in [3.63, 3.8) is 0 Å².